The van der Waals surface area contributed by atoms with E-state index in [1.54, 1.807) is 0 Å². The van der Waals surface area contributed by atoms with Crippen molar-refractivity contribution in [3.63, 3.8) is 0 Å². The van der Waals surface area contributed by atoms with E-state index in [0.717, 1.165) is 35.1 Å². The number of nitrogens with zero attached hydrogens (tertiary/aromatic N) is 2. The fourth-order valence-electron chi connectivity index (χ4n) is 3.49. The highest BCUT2D eigenvalue weighted by Crippen LogP contribution is 2.21. The Labute approximate surface area is 149 Å². The van der Waals surface area contributed by atoms with Crippen molar-refractivity contribution < 1.29 is 0 Å². The van der Waals surface area contributed by atoms with E-state index in [2.05, 4.69) is 76.5 Å². The molecule has 0 bridgehead atoms. The number of benzene rings is 2. The maximum absolute atomic E-state index is 4.60. The van der Waals surface area contributed by atoms with Gasteiger partial charge < -0.3 is 10.3 Å². The van der Waals surface area contributed by atoms with E-state index < -0.39 is 0 Å². The van der Waals surface area contributed by atoms with E-state index in [-0.39, 0.29) is 0 Å². The van der Waals surface area contributed by atoms with Gasteiger partial charge in [-0.25, -0.2) is 4.98 Å². The number of piperidine rings is 1. The topological polar surface area (TPSA) is 44.0 Å². The Morgan fingerprint density at radius 1 is 1.12 bits per heavy atom. The van der Waals surface area contributed by atoms with Crippen molar-refractivity contribution in [1.82, 2.24) is 14.9 Å². The van der Waals surface area contributed by atoms with Crippen LogP contribution in [0.4, 0.5) is 11.6 Å². The molecule has 1 aliphatic rings. The van der Waals surface area contributed by atoms with Crippen LogP contribution in [0.3, 0.4) is 0 Å². The SMILES string of the molecule is Cc1ccc2nc(Nc3ccc(CN4CCC(C)CC4)cc3)[nH]c2c1. The van der Waals surface area contributed by atoms with E-state index in [4.69, 9.17) is 0 Å². The number of anilines is 2. The monoisotopic (exact) mass is 334 g/mol. The summed E-state index contributed by atoms with van der Waals surface area (Å²) in [7, 11) is 0. The average molecular weight is 334 g/mol. The number of hydrogen-bond acceptors (Lipinski definition) is 3. The summed E-state index contributed by atoms with van der Waals surface area (Å²) < 4.78 is 0. The molecule has 0 unspecified atom stereocenters. The predicted octanol–water partition coefficient (Wildman–Crippen LogP) is 4.85. The standard InChI is InChI=1S/C21H26N4/c1-15-9-11-25(12-10-15)14-17-4-6-18(7-5-17)22-21-23-19-8-3-16(2)13-20(19)24-21/h3-8,13,15H,9-12,14H2,1-2H3,(H2,22,23,24). The van der Waals surface area contributed by atoms with Crippen molar-refractivity contribution >= 4 is 22.7 Å². The van der Waals surface area contributed by atoms with Gasteiger partial charge in [0, 0.05) is 12.2 Å². The minimum atomic E-state index is 0.790. The number of likely N-dealkylation sites (tertiary alicyclic amines) is 1. The molecule has 0 aliphatic carbocycles. The number of aryl methyl sites for hydroxylation is 1. The number of fused-ring (bicyclic) bond motifs is 1. The molecule has 4 rings (SSSR count). The summed E-state index contributed by atoms with van der Waals surface area (Å²) in [6.07, 6.45) is 2.65. The van der Waals surface area contributed by atoms with Crippen molar-refractivity contribution in [3.8, 4) is 0 Å². The zero-order valence-electron chi connectivity index (χ0n) is 15.0. The minimum absolute atomic E-state index is 0.790. The van der Waals surface area contributed by atoms with Crippen LogP contribution >= 0.6 is 0 Å². The highest BCUT2D eigenvalue weighted by molar-refractivity contribution is 5.79. The Hall–Kier alpha value is -2.33. The lowest BCUT2D eigenvalue weighted by atomic mass is 9.99. The molecule has 1 aromatic heterocycles. The number of hydrogen-bond donors (Lipinski definition) is 2. The van der Waals surface area contributed by atoms with Gasteiger partial charge in [-0.1, -0.05) is 25.1 Å². The van der Waals surface area contributed by atoms with Gasteiger partial charge in [-0.05, 0) is 74.2 Å². The summed E-state index contributed by atoms with van der Waals surface area (Å²) in [4.78, 5) is 10.5. The lowest BCUT2D eigenvalue weighted by molar-refractivity contribution is 0.185. The summed E-state index contributed by atoms with van der Waals surface area (Å²) in [5.74, 6) is 1.67. The normalized spacial score (nSPS) is 16.4. The second-order valence-electron chi connectivity index (χ2n) is 7.39. The molecule has 2 heterocycles. The van der Waals surface area contributed by atoms with Gasteiger partial charge in [-0.3, -0.25) is 4.90 Å². The summed E-state index contributed by atoms with van der Waals surface area (Å²) in [5.41, 5.74) is 5.73. The Bertz CT molecular complexity index is 842. The molecule has 1 saturated heterocycles. The molecule has 0 amide bonds. The summed E-state index contributed by atoms with van der Waals surface area (Å²) in [5, 5.41) is 3.37. The smallest absolute Gasteiger partial charge is 0.205 e. The average Bonchev–Trinajstić information content (AvgIpc) is 3.00. The van der Waals surface area contributed by atoms with Gasteiger partial charge in [0.1, 0.15) is 0 Å². The predicted molar refractivity (Wildman–Crippen MR) is 104 cm³/mol. The second-order valence-corrected chi connectivity index (χ2v) is 7.39. The second kappa shape index (κ2) is 6.89. The van der Waals surface area contributed by atoms with E-state index >= 15 is 0 Å². The quantitative estimate of drug-likeness (QED) is 0.717. The van der Waals surface area contributed by atoms with Crippen molar-refractivity contribution in [3.05, 3.63) is 53.6 Å². The molecule has 0 radical (unpaired) electrons. The number of H-pyrrole nitrogens is 1. The summed E-state index contributed by atoms with van der Waals surface area (Å²) in [6, 6.07) is 15.0. The molecule has 2 aromatic carbocycles. The zero-order valence-corrected chi connectivity index (χ0v) is 15.0. The highest BCUT2D eigenvalue weighted by Gasteiger charge is 2.15. The van der Waals surface area contributed by atoms with Crippen LogP contribution in [0.5, 0.6) is 0 Å². The van der Waals surface area contributed by atoms with Crippen LogP contribution in [0.25, 0.3) is 11.0 Å². The third kappa shape index (κ3) is 3.85. The first kappa shape index (κ1) is 16.2. The number of imidazole rings is 1. The van der Waals surface area contributed by atoms with Gasteiger partial charge in [0.15, 0.2) is 0 Å². The number of nitrogens with one attached hydrogen (secondary N) is 2. The molecule has 0 spiro atoms. The largest absolute Gasteiger partial charge is 0.326 e. The van der Waals surface area contributed by atoms with Crippen molar-refractivity contribution in [2.45, 2.75) is 33.2 Å². The molecule has 4 nitrogen and oxygen atoms in total. The van der Waals surface area contributed by atoms with Gasteiger partial charge in [0.2, 0.25) is 5.95 Å². The van der Waals surface area contributed by atoms with Crippen LogP contribution in [0, 0.1) is 12.8 Å². The van der Waals surface area contributed by atoms with Crippen molar-refractivity contribution in [2.24, 2.45) is 5.92 Å². The number of aromatic amines is 1. The maximum atomic E-state index is 4.60. The van der Waals surface area contributed by atoms with Crippen LogP contribution in [0.15, 0.2) is 42.5 Å². The van der Waals surface area contributed by atoms with E-state index in [1.807, 2.05) is 0 Å². The molecule has 0 atom stereocenters. The van der Waals surface area contributed by atoms with Gasteiger partial charge in [-0.15, -0.1) is 0 Å². The molecule has 130 valence electrons. The van der Waals surface area contributed by atoms with Gasteiger partial charge in [-0.2, -0.15) is 0 Å². The molecule has 1 aliphatic heterocycles. The molecule has 2 N–H and O–H groups in total. The molecule has 0 saturated carbocycles. The molecule has 25 heavy (non-hydrogen) atoms. The Morgan fingerprint density at radius 2 is 1.88 bits per heavy atom. The Kier molecular flexibility index (Phi) is 4.45. The lowest BCUT2D eigenvalue weighted by Gasteiger charge is -2.30. The fraction of sp³-hybridized carbons (Fsp3) is 0.381. The first-order chi connectivity index (χ1) is 12.2. The van der Waals surface area contributed by atoms with Gasteiger partial charge in [0.25, 0.3) is 0 Å². The minimum Gasteiger partial charge on any atom is -0.326 e. The van der Waals surface area contributed by atoms with Crippen molar-refractivity contribution in [2.75, 3.05) is 18.4 Å². The van der Waals surface area contributed by atoms with Crippen LogP contribution in [0.1, 0.15) is 30.9 Å². The lowest BCUT2D eigenvalue weighted by Crippen LogP contribution is -2.32. The zero-order chi connectivity index (χ0) is 17.2. The first-order valence-corrected chi connectivity index (χ1v) is 9.20. The van der Waals surface area contributed by atoms with E-state index in [9.17, 15) is 0 Å². The first-order valence-electron chi connectivity index (χ1n) is 9.20. The highest BCUT2D eigenvalue weighted by atomic mass is 15.1. The summed E-state index contributed by atoms with van der Waals surface area (Å²) >= 11 is 0. The molecule has 4 heteroatoms. The van der Waals surface area contributed by atoms with Crippen LogP contribution in [-0.4, -0.2) is 28.0 Å². The molecule has 1 fully saturated rings. The molecular weight excluding hydrogens is 308 g/mol. The Morgan fingerprint density at radius 3 is 2.64 bits per heavy atom. The van der Waals surface area contributed by atoms with Crippen LogP contribution in [-0.2, 0) is 6.54 Å². The van der Waals surface area contributed by atoms with Crippen LogP contribution in [0.2, 0.25) is 0 Å². The maximum Gasteiger partial charge on any atom is 0.205 e. The molecule has 3 aromatic rings. The Balaban J connectivity index is 1.41. The third-order valence-electron chi connectivity index (χ3n) is 5.14. The van der Waals surface area contributed by atoms with Gasteiger partial charge in [0.05, 0.1) is 11.0 Å². The third-order valence-corrected chi connectivity index (χ3v) is 5.14. The summed E-state index contributed by atoms with van der Waals surface area (Å²) in [6.45, 7) is 7.95. The van der Waals surface area contributed by atoms with Crippen LogP contribution < -0.4 is 5.32 Å². The van der Waals surface area contributed by atoms with E-state index in [1.165, 1.54) is 37.1 Å². The molecular formula is C21H26N4. The fourth-order valence-corrected chi connectivity index (χ4v) is 3.49. The van der Waals surface area contributed by atoms with Gasteiger partial charge >= 0.3 is 0 Å². The van der Waals surface area contributed by atoms with Crippen molar-refractivity contribution in [1.29, 1.82) is 0 Å². The van der Waals surface area contributed by atoms with E-state index in [0.29, 0.717) is 0 Å². The number of aromatic nitrogens is 2. The number of rotatable bonds is 4.